The molecule has 0 saturated heterocycles. The van der Waals surface area contributed by atoms with Crippen LogP contribution in [0.3, 0.4) is 0 Å². The highest BCUT2D eigenvalue weighted by Crippen LogP contribution is 2.43. The second-order valence-electron chi connectivity index (χ2n) is 6.11. The molecule has 1 N–H and O–H groups in total. The van der Waals surface area contributed by atoms with Crippen LogP contribution in [0.4, 0.5) is 4.39 Å². The maximum atomic E-state index is 13.7. The average Bonchev–Trinajstić information content (AvgIpc) is 2.41. The normalized spacial score (nSPS) is 28.4. The van der Waals surface area contributed by atoms with Gasteiger partial charge in [-0.25, -0.2) is 4.39 Å². The number of halogens is 1. The van der Waals surface area contributed by atoms with Crippen molar-refractivity contribution in [2.75, 3.05) is 6.61 Å². The van der Waals surface area contributed by atoms with Crippen molar-refractivity contribution < 1.29 is 14.2 Å². The zero-order valence-corrected chi connectivity index (χ0v) is 12.7. The molecule has 1 saturated carbocycles. The van der Waals surface area contributed by atoms with E-state index in [-0.39, 0.29) is 5.82 Å². The van der Waals surface area contributed by atoms with Crippen molar-refractivity contribution in [3.63, 3.8) is 0 Å². The highest BCUT2D eigenvalue weighted by molar-refractivity contribution is 5.27. The number of hydrogen-bond donors (Lipinski definition) is 1. The zero-order chi connectivity index (χ0) is 14.8. The number of hydrogen-bond acceptors (Lipinski definition) is 2. The van der Waals surface area contributed by atoms with E-state index in [1.165, 1.54) is 12.5 Å². The summed E-state index contributed by atoms with van der Waals surface area (Å²) in [5.41, 5.74) is 0.660. The Balaban J connectivity index is 2.30. The average molecular weight is 280 g/mol. The number of benzene rings is 1. The third-order valence-corrected chi connectivity index (χ3v) is 4.43. The van der Waals surface area contributed by atoms with Gasteiger partial charge < -0.3 is 9.84 Å². The van der Waals surface area contributed by atoms with Crippen molar-refractivity contribution in [3.05, 3.63) is 35.1 Å². The van der Waals surface area contributed by atoms with Crippen LogP contribution in [-0.4, -0.2) is 17.3 Å². The molecule has 2 rings (SSSR count). The molecule has 3 atom stereocenters. The second kappa shape index (κ2) is 6.23. The van der Waals surface area contributed by atoms with Crippen molar-refractivity contribution in [2.45, 2.75) is 58.2 Å². The van der Waals surface area contributed by atoms with Crippen LogP contribution < -0.4 is 0 Å². The first-order valence-electron chi connectivity index (χ1n) is 7.56. The van der Waals surface area contributed by atoms with Crippen LogP contribution in [0.25, 0.3) is 0 Å². The van der Waals surface area contributed by atoms with Crippen molar-refractivity contribution in [1.29, 1.82) is 0 Å². The van der Waals surface area contributed by atoms with Crippen LogP contribution in [0.2, 0.25) is 0 Å². The quantitative estimate of drug-likeness (QED) is 0.897. The van der Waals surface area contributed by atoms with Crippen LogP contribution in [0.1, 0.15) is 56.8 Å². The maximum absolute atomic E-state index is 13.7. The second-order valence-corrected chi connectivity index (χ2v) is 6.11. The molecule has 0 amide bonds. The smallest absolute Gasteiger partial charge is 0.126 e. The molecule has 0 heterocycles. The van der Waals surface area contributed by atoms with Gasteiger partial charge in [-0.1, -0.05) is 31.9 Å². The summed E-state index contributed by atoms with van der Waals surface area (Å²) in [5.74, 6) is 0.261. The van der Waals surface area contributed by atoms with Gasteiger partial charge in [0.05, 0.1) is 5.60 Å². The van der Waals surface area contributed by atoms with E-state index < -0.39 is 11.7 Å². The number of ether oxygens (including phenoxy) is 1. The van der Waals surface area contributed by atoms with Crippen molar-refractivity contribution in [1.82, 2.24) is 0 Å². The molecule has 0 bridgehead atoms. The predicted octanol–water partition coefficient (Wildman–Crippen LogP) is 4.15. The summed E-state index contributed by atoms with van der Waals surface area (Å²) in [6.45, 7) is 6.43. The number of aryl methyl sites for hydroxylation is 1. The molecule has 3 heteroatoms. The molecule has 0 radical (unpaired) electrons. The fourth-order valence-corrected chi connectivity index (χ4v) is 3.37. The van der Waals surface area contributed by atoms with Crippen LogP contribution in [0.15, 0.2) is 18.2 Å². The Labute approximate surface area is 121 Å². The Hall–Kier alpha value is -0.930. The minimum atomic E-state index is -0.764. The minimum absolute atomic E-state index is 0.267. The molecule has 1 aliphatic carbocycles. The Bertz CT molecular complexity index is 456. The fourth-order valence-electron chi connectivity index (χ4n) is 3.37. The number of rotatable bonds is 4. The Morgan fingerprint density at radius 3 is 2.85 bits per heavy atom. The van der Waals surface area contributed by atoms with Gasteiger partial charge in [-0.2, -0.15) is 0 Å². The maximum Gasteiger partial charge on any atom is 0.126 e. The van der Waals surface area contributed by atoms with E-state index in [1.54, 1.807) is 13.0 Å². The molecule has 0 spiro atoms. The summed E-state index contributed by atoms with van der Waals surface area (Å²) in [7, 11) is 0. The van der Waals surface area contributed by atoms with Gasteiger partial charge in [0, 0.05) is 6.61 Å². The zero-order valence-electron chi connectivity index (χ0n) is 12.7. The van der Waals surface area contributed by atoms with Crippen LogP contribution >= 0.6 is 0 Å². The molecule has 1 fully saturated rings. The lowest BCUT2D eigenvalue weighted by Crippen LogP contribution is -2.43. The van der Waals surface area contributed by atoms with Crippen LogP contribution in [-0.2, 0) is 4.74 Å². The molecular weight excluding hydrogens is 255 g/mol. The summed E-state index contributed by atoms with van der Waals surface area (Å²) < 4.78 is 19.7. The fraction of sp³-hybridized carbons (Fsp3) is 0.647. The van der Waals surface area contributed by atoms with Crippen LogP contribution in [0, 0.1) is 18.7 Å². The van der Waals surface area contributed by atoms with E-state index in [4.69, 9.17) is 4.74 Å². The SMILES string of the molecule is CCOC1(C(O)c2ccc(C)c(F)c2)CCCC(C)C1. The van der Waals surface area contributed by atoms with Gasteiger partial charge in [0.2, 0.25) is 0 Å². The Kier molecular flexibility index (Phi) is 4.82. The summed E-state index contributed by atoms with van der Waals surface area (Å²) >= 11 is 0. The highest BCUT2D eigenvalue weighted by atomic mass is 19.1. The lowest BCUT2D eigenvalue weighted by Gasteiger charge is -2.43. The van der Waals surface area contributed by atoms with Gasteiger partial charge in [0.25, 0.3) is 0 Å². The third-order valence-electron chi connectivity index (χ3n) is 4.43. The van der Waals surface area contributed by atoms with E-state index in [9.17, 15) is 9.50 Å². The van der Waals surface area contributed by atoms with Gasteiger partial charge >= 0.3 is 0 Å². The van der Waals surface area contributed by atoms with Crippen molar-refractivity contribution >= 4 is 0 Å². The van der Waals surface area contributed by atoms with E-state index in [1.807, 2.05) is 13.0 Å². The Morgan fingerprint density at radius 1 is 1.50 bits per heavy atom. The number of aliphatic hydroxyl groups is 1. The van der Waals surface area contributed by atoms with E-state index in [0.717, 1.165) is 19.3 Å². The monoisotopic (exact) mass is 280 g/mol. The molecule has 1 aromatic rings. The van der Waals surface area contributed by atoms with Gasteiger partial charge in [0.15, 0.2) is 0 Å². The summed E-state index contributed by atoms with van der Waals surface area (Å²) in [5, 5.41) is 10.8. The highest BCUT2D eigenvalue weighted by Gasteiger charge is 2.42. The molecule has 3 unspecified atom stereocenters. The Morgan fingerprint density at radius 2 is 2.25 bits per heavy atom. The predicted molar refractivity (Wildman–Crippen MR) is 78.1 cm³/mol. The van der Waals surface area contributed by atoms with E-state index in [2.05, 4.69) is 6.92 Å². The molecule has 112 valence electrons. The first-order chi connectivity index (χ1) is 9.48. The molecular formula is C17H25FO2. The summed E-state index contributed by atoms with van der Waals surface area (Å²) in [6.07, 6.45) is 3.12. The number of aliphatic hydroxyl groups excluding tert-OH is 1. The lowest BCUT2D eigenvalue weighted by atomic mass is 9.74. The molecule has 1 aromatic carbocycles. The lowest BCUT2D eigenvalue weighted by molar-refractivity contribution is -0.150. The first-order valence-corrected chi connectivity index (χ1v) is 7.56. The van der Waals surface area contributed by atoms with Gasteiger partial charge in [-0.15, -0.1) is 0 Å². The molecule has 20 heavy (non-hydrogen) atoms. The third kappa shape index (κ3) is 3.04. The molecule has 0 aromatic heterocycles. The minimum Gasteiger partial charge on any atom is -0.385 e. The standard InChI is InChI=1S/C17H25FO2/c1-4-20-17(9-5-6-12(2)11-17)16(19)14-8-7-13(3)15(18)10-14/h7-8,10,12,16,19H,4-6,9,11H2,1-3H3. The van der Waals surface area contributed by atoms with E-state index >= 15 is 0 Å². The molecule has 0 aliphatic heterocycles. The van der Waals surface area contributed by atoms with Crippen LogP contribution in [0.5, 0.6) is 0 Å². The molecule has 2 nitrogen and oxygen atoms in total. The summed E-state index contributed by atoms with van der Waals surface area (Å²) in [6, 6.07) is 4.98. The van der Waals surface area contributed by atoms with E-state index in [0.29, 0.717) is 23.7 Å². The largest absolute Gasteiger partial charge is 0.385 e. The first kappa shape index (κ1) is 15.5. The summed E-state index contributed by atoms with van der Waals surface area (Å²) in [4.78, 5) is 0. The van der Waals surface area contributed by atoms with Crippen molar-refractivity contribution in [3.8, 4) is 0 Å². The van der Waals surface area contributed by atoms with Gasteiger partial charge in [-0.3, -0.25) is 0 Å². The van der Waals surface area contributed by atoms with Gasteiger partial charge in [-0.05, 0) is 49.8 Å². The van der Waals surface area contributed by atoms with Crippen molar-refractivity contribution in [2.24, 2.45) is 5.92 Å². The topological polar surface area (TPSA) is 29.5 Å². The molecule has 1 aliphatic rings. The van der Waals surface area contributed by atoms with Gasteiger partial charge in [0.1, 0.15) is 11.9 Å².